The molecular formula is C28H42N2O8. The SMILES string of the molecule is C[C@]12CC/C(=N\OCC(=O)NCCCCC(=O)O)C=C1CCC1C2C(O)C[C@@]2(C)C1CC[C@]2(O)C(=O)CO. The van der Waals surface area contributed by atoms with E-state index in [1.165, 1.54) is 5.57 Å². The molecule has 0 aromatic carbocycles. The second-order valence-corrected chi connectivity index (χ2v) is 12.1. The maximum absolute atomic E-state index is 12.6. The Kier molecular flexibility index (Phi) is 8.35. The van der Waals surface area contributed by atoms with E-state index < -0.39 is 35.5 Å². The van der Waals surface area contributed by atoms with Crippen LogP contribution in [0.4, 0.5) is 0 Å². The summed E-state index contributed by atoms with van der Waals surface area (Å²) in [4.78, 5) is 40.4. The zero-order chi connectivity index (χ0) is 27.7. The van der Waals surface area contributed by atoms with Crippen molar-refractivity contribution in [3.05, 3.63) is 11.6 Å². The number of Topliss-reactive ketones (excluding diaryl/α,β-unsaturated/α-hetero) is 1. The summed E-state index contributed by atoms with van der Waals surface area (Å²) in [6.07, 6.45) is 7.05. The Balaban J connectivity index is 1.39. The van der Waals surface area contributed by atoms with E-state index in [0.717, 1.165) is 25.0 Å². The molecule has 5 N–H and O–H groups in total. The number of carboxylic acids is 1. The van der Waals surface area contributed by atoms with Crippen LogP contribution in [0, 0.1) is 28.6 Å². The molecule has 0 radical (unpaired) electrons. The number of amides is 1. The molecule has 4 aliphatic rings. The molecule has 3 saturated carbocycles. The first-order chi connectivity index (χ1) is 18.0. The van der Waals surface area contributed by atoms with Crippen molar-refractivity contribution in [1.82, 2.24) is 5.32 Å². The summed E-state index contributed by atoms with van der Waals surface area (Å²) in [5.74, 6) is -1.39. The highest BCUT2D eigenvalue weighted by atomic mass is 16.6. The highest BCUT2D eigenvalue weighted by Crippen LogP contribution is 2.67. The van der Waals surface area contributed by atoms with E-state index in [2.05, 4.69) is 17.4 Å². The molecule has 0 heterocycles. The number of aliphatic hydroxyl groups is 3. The van der Waals surface area contributed by atoms with Crippen molar-refractivity contribution < 1.29 is 39.6 Å². The molecule has 0 aromatic rings. The van der Waals surface area contributed by atoms with Crippen LogP contribution >= 0.6 is 0 Å². The summed E-state index contributed by atoms with van der Waals surface area (Å²) in [6.45, 7) is 3.62. The van der Waals surface area contributed by atoms with Crippen LogP contribution in [0.25, 0.3) is 0 Å². The standard InChI is InChI=1S/C28H42N2O8/c1-26-10-8-18(30-38-16-23(34)29-12-4-3-5-24(35)36)13-17(26)6-7-19-20-9-11-28(37,22(33)15-31)27(20,2)14-21(32)25(19)26/h13,19-21,25,31-32,37H,3-12,14-16H2,1-2H3,(H,29,34)(H,35,36)/b30-18+/t19?,20?,21?,25?,26-,27-,28-/m0/s1. The fraction of sp³-hybridized carbons (Fsp3) is 0.786. The van der Waals surface area contributed by atoms with Gasteiger partial charge in [0.15, 0.2) is 12.4 Å². The van der Waals surface area contributed by atoms with Crippen molar-refractivity contribution >= 4 is 23.4 Å². The number of allylic oxidation sites excluding steroid dienone is 2. The lowest BCUT2D eigenvalue weighted by molar-refractivity contribution is -0.181. The summed E-state index contributed by atoms with van der Waals surface area (Å²) < 4.78 is 0. The second kappa shape index (κ2) is 11.1. The number of fused-ring (bicyclic) bond motifs is 5. The summed E-state index contributed by atoms with van der Waals surface area (Å²) in [6, 6.07) is 0. The first-order valence-corrected chi connectivity index (χ1v) is 13.9. The Hall–Kier alpha value is -2.30. The maximum Gasteiger partial charge on any atom is 0.303 e. The number of rotatable bonds is 10. The lowest BCUT2D eigenvalue weighted by atomic mass is 9.45. The fourth-order valence-corrected chi connectivity index (χ4v) is 8.22. The highest BCUT2D eigenvalue weighted by molar-refractivity contribution is 5.96. The van der Waals surface area contributed by atoms with Crippen molar-refractivity contribution in [1.29, 1.82) is 0 Å². The van der Waals surface area contributed by atoms with Gasteiger partial charge in [0, 0.05) is 18.4 Å². The zero-order valence-electron chi connectivity index (χ0n) is 22.4. The van der Waals surface area contributed by atoms with Gasteiger partial charge in [-0.05, 0) is 87.0 Å². The van der Waals surface area contributed by atoms with Gasteiger partial charge in [0.25, 0.3) is 5.91 Å². The zero-order valence-corrected chi connectivity index (χ0v) is 22.4. The van der Waals surface area contributed by atoms with E-state index in [9.17, 15) is 29.7 Å². The predicted molar refractivity (Wildman–Crippen MR) is 138 cm³/mol. The van der Waals surface area contributed by atoms with Crippen LogP contribution in [0.15, 0.2) is 16.8 Å². The van der Waals surface area contributed by atoms with Gasteiger partial charge >= 0.3 is 5.97 Å². The molecule has 0 aliphatic heterocycles. The number of oxime groups is 1. The molecule has 3 fully saturated rings. The number of hydrogen-bond donors (Lipinski definition) is 5. The van der Waals surface area contributed by atoms with Gasteiger partial charge in [-0.1, -0.05) is 24.6 Å². The number of aliphatic carboxylic acids is 1. The monoisotopic (exact) mass is 534 g/mol. The molecule has 10 heteroatoms. The van der Waals surface area contributed by atoms with E-state index in [-0.39, 0.29) is 42.1 Å². The van der Waals surface area contributed by atoms with Gasteiger partial charge in [-0.3, -0.25) is 14.4 Å². The predicted octanol–water partition coefficient (Wildman–Crippen LogP) is 1.96. The van der Waals surface area contributed by atoms with Gasteiger partial charge in [0.1, 0.15) is 12.2 Å². The normalized spacial score (nSPS) is 39.0. The van der Waals surface area contributed by atoms with E-state index in [0.29, 0.717) is 45.1 Å². The lowest BCUT2D eigenvalue weighted by Gasteiger charge is -2.60. The topological polar surface area (TPSA) is 166 Å². The lowest BCUT2D eigenvalue weighted by Crippen LogP contribution is -2.62. The first-order valence-electron chi connectivity index (χ1n) is 13.9. The van der Waals surface area contributed by atoms with Crippen molar-refractivity contribution in [3.8, 4) is 0 Å². The molecule has 0 spiro atoms. The third kappa shape index (κ3) is 5.02. The van der Waals surface area contributed by atoms with E-state index in [1.807, 2.05) is 13.0 Å². The number of unbranched alkanes of at least 4 members (excludes halogenated alkanes) is 1. The Morgan fingerprint density at radius 3 is 2.63 bits per heavy atom. The molecule has 0 bridgehead atoms. The Labute approximate surface area is 223 Å². The van der Waals surface area contributed by atoms with Crippen LogP contribution in [0.2, 0.25) is 0 Å². The third-order valence-corrected chi connectivity index (χ3v) is 10.2. The minimum atomic E-state index is -1.59. The number of nitrogens with zero attached hydrogens (tertiary/aromatic N) is 1. The van der Waals surface area contributed by atoms with Crippen molar-refractivity contribution in [2.24, 2.45) is 33.7 Å². The molecule has 7 atom stereocenters. The van der Waals surface area contributed by atoms with Crippen molar-refractivity contribution in [2.45, 2.75) is 89.8 Å². The van der Waals surface area contributed by atoms with Crippen LogP contribution < -0.4 is 5.32 Å². The maximum atomic E-state index is 12.6. The van der Waals surface area contributed by atoms with Crippen molar-refractivity contribution in [2.75, 3.05) is 19.8 Å². The quantitative estimate of drug-likeness (QED) is 0.210. The number of carbonyl (C=O) groups is 3. The summed E-state index contributed by atoms with van der Waals surface area (Å²) >= 11 is 0. The van der Waals surface area contributed by atoms with Gasteiger partial charge in [-0.2, -0.15) is 0 Å². The van der Waals surface area contributed by atoms with E-state index in [1.54, 1.807) is 0 Å². The molecule has 212 valence electrons. The number of hydrogen-bond acceptors (Lipinski definition) is 8. The minimum Gasteiger partial charge on any atom is -0.481 e. The third-order valence-electron chi connectivity index (χ3n) is 10.2. The molecule has 4 aliphatic carbocycles. The van der Waals surface area contributed by atoms with Crippen LogP contribution in [0.5, 0.6) is 0 Å². The van der Waals surface area contributed by atoms with Gasteiger partial charge in [-0.25, -0.2) is 0 Å². The Morgan fingerprint density at radius 1 is 1.16 bits per heavy atom. The number of aliphatic hydroxyl groups excluding tert-OH is 2. The molecule has 10 nitrogen and oxygen atoms in total. The largest absolute Gasteiger partial charge is 0.481 e. The second-order valence-electron chi connectivity index (χ2n) is 12.1. The number of ketones is 1. The highest BCUT2D eigenvalue weighted by Gasteiger charge is 2.68. The molecule has 4 rings (SSSR count). The average Bonchev–Trinajstić information content (AvgIpc) is 3.13. The number of carbonyl (C=O) groups excluding carboxylic acids is 2. The fourth-order valence-electron chi connectivity index (χ4n) is 8.22. The summed E-state index contributed by atoms with van der Waals surface area (Å²) in [7, 11) is 0. The summed E-state index contributed by atoms with van der Waals surface area (Å²) in [5.41, 5.74) is -0.583. The van der Waals surface area contributed by atoms with E-state index >= 15 is 0 Å². The molecule has 0 saturated heterocycles. The Bertz CT molecular complexity index is 1010. The van der Waals surface area contributed by atoms with Gasteiger partial charge in [0.05, 0.1) is 11.8 Å². The van der Waals surface area contributed by atoms with Crippen molar-refractivity contribution in [3.63, 3.8) is 0 Å². The molecule has 4 unspecified atom stereocenters. The molecular weight excluding hydrogens is 492 g/mol. The van der Waals surface area contributed by atoms with Gasteiger partial charge < -0.3 is 30.6 Å². The average molecular weight is 535 g/mol. The molecule has 0 aromatic heterocycles. The smallest absolute Gasteiger partial charge is 0.303 e. The minimum absolute atomic E-state index is 0.0153. The Morgan fingerprint density at radius 2 is 1.92 bits per heavy atom. The van der Waals surface area contributed by atoms with Gasteiger partial charge in [-0.15, -0.1) is 0 Å². The summed E-state index contributed by atoms with van der Waals surface area (Å²) in [5, 5.41) is 47.9. The number of carboxylic acid groups (broad SMARTS) is 1. The first kappa shape index (κ1) is 28.7. The molecule has 1 amide bonds. The van der Waals surface area contributed by atoms with Crippen LogP contribution in [-0.2, 0) is 19.2 Å². The number of nitrogens with one attached hydrogen (secondary N) is 1. The van der Waals surface area contributed by atoms with Crippen LogP contribution in [-0.4, -0.2) is 75.3 Å². The van der Waals surface area contributed by atoms with Gasteiger partial charge in [0.2, 0.25) is 0 Å². The van der Waals surface area contributed by atoms with E-state index in [4.69, 9.17) is 9.94 Å². The van der Waals surface area contributed by atoms with Crippen LogP contribution in [0.1, 0.15) is 78.1 Å². The van der Waals surface area contributed by atoms with Crippen LogP contribution in [0.3, 0.4) is 0 Å². The molecule has 38 heavy (non-hydrogen) atoms.